The molecule has 1 amide bonds. The first-order valence-corrected chi connectivity index (χ1v) is 9.05. The molecule has 7 heteroatoms. The molecule has 0 N–H and O–H groups in total. The maximum absolute atomic E-state index is 12.7. The van der Waals surface area contributed by atoms with Crippen molar-refractivity contribution in [3.05, 3.63) is 65.2 Å². The Hall–Kier alpha value is -2.83. The predicted molar refractivity (Wildman–Crippen MR) is 95.3 cm³/mol. The Morgan fingerprint density at radius 1 is 1.00 bits per heavy atom. The summed E-state index contributed by atoms with van der Waals surface area (Å²) in [7, 11) is 0. The van der Waals surface area contributed by atoms with Gasteiger partial charge in [0.25, 0.3) is 5.91 Å². The summed E-state index contributed by atoms with van der Waals surface area (Å²) in [5.41, 5.74) is -0.608. The number of hydrogen-bond donors (Lipinski definition) is 0. The van der Waals surface area contributed by atoms with Crippen molar-refractivity contribution in [2.24, 2.45) is 0 Å². The van der Waals surface area contributed by atoms with Crippen molar-refractivity contribution < 1.29 is 27.5 Å². The summed E-state index contributed by atoms with van der Waals surface area (Å²) in [4.78, 5) is 26.7. The number of halogens is 3. The van der Waals surface area contributed by atoms with E-state index >= 15 is 0 Å². The number of likely N-dealkylation sites (tertiary alicyclic amines) is 1. The monoisotopic (exact) mass is 389 g/mol. The molecule has 0 aliphatic carbocycles. The number of alkyl halides is 3. The summed E-state index contributed by atoms with van der Waals surface area (Å²) >= 11 is 0. The van der Waals surface area contributed by atoms with E-state index in [0.29, 0.717) is 37.2 Å². The van der Waals surface area contributed by atoms with Crippen LogP contribution in [0.5, 0.6) is 5.75 Å². The molecule has 146 valence electrons. The minimum Gasteiger partial charge on any atom is -0.486 e. The molecule has 28 heavy (non-hydrogen) atoms. The van der Waals surface area contributed by atoms with Gasteiger partial charge in [-0.15, -0.1) is 0 Å². The molecular formula is C21H18F3NO3. The number of para-hydroxylation sites is 1. The summed E-state index contributed by atoms with van der Waals surface area (Å²) in [6.07, 6.45) is -3.16. The van der Waals surface area contributed by atoms with Crippen molar-refractivity contribution in [3.63, 3.8) is 0 Å². The highest BCUT2D eigenvalue weighted by atomic mass is 19.4. The van der Waals surface area contributed by atoms with E-state index in [0.717, 1.165) is 12.1 Å². The molecule has 0 saturated carbocycles. The molecule has 0 aromatic heterocycles. The van der Waals surface area contributed by atoms with Gasteiger partial charge < -0.3 is 9.64 Å². The van der Waals surface area contributed by atoms with Gasteiger partial charge in [0, 0.05) is 31.5 Å². The highest BCUT2D eigenvalue weighted by Crippen LogP contribution is 2.39. The van der Waals surface area contributed by atoms with Crippen molar-refractivity contribution in [1.82, 2.24) is 4.90 Å². The number of benzene rings is 2. The Morgan fingerprint density at radius 3 is 2.29 bits per heavy atom. The molecular weight excluding hydrogens is 371 g/mol. The van der Waals surface area contributed by atoms with Crippen LogP contribution in [0, 0.1) is 0 Å². The maximum Gasteiger partial charge on any atom is 0.416 e. The number of amides is 1. The Kier molecular flexibility index (Phi) is 4.40. The van der Waals surface area contributed by atoms with Gasteiger partial charge in [-0.3, -0.25) is 9.59 Å². The lowest BCUT2D eigenvalue weighted by Gasteiger charge is -2.44. The molecule has 1 saturated heterocycles. The molecule has 2 heterocycles. The Balaban J connectivity index is 1.44. The van der Waals surface area contributed by atoms with Gasteiger partial charge in [-0.05, 0) is 36.4 Å². The number of hydrogen-bond acceptors (Lipinski definition) is 3. The van der Waals surface area contributed by atoms with E-state index in [1.54, 1.807) is 23.1 Å². The quantitative estimate of drug-likeness (QED) is 0.729. The van der Waals surface area contributed by atoms with Crippen LogP contribution in [0.3, 0.4) is 0 Å². The molecule has 2 aromatic rings. The smallest absolute Gasteiger partial charge is 0.416 e. The number of Topliss-reactive ketones (excluding diaryl/α,β-unsaturated/α-hetero) is 1. The number of fused-ring (bicyclic) bond motifs is 1. The molecule has 1 fully saturated rings. The van der Waals surface area contributed by atoms with Crippen LogP contribution in [0.4, 0.5) is 13.2 Å². The first-order chi connectivity index (χ1) is 13.3. The van der Waals surface area contributed by atoms with Crippen LogP contribution in [-0.4, -0.2) is 35.3 Å². The summed E-state index contributed by atoms with van der Waals surface area (Å²) in [5, 5.41) is 0. The van der Waals surface area contributed by atoms with Crippen LogP contribution in [0.2, 0.25) is 0 Å². The minimum atomic E-state index is -4.43. The standard InChI is InChI=1S/C21H18F3NO3/c22-21(23,24)15-7-5-14(6-8-15)19(27)25-11-9-20(10-12-25)13-17(26)16-3-1-2-4-18(16)28-20/h1-8H,9-13H2. The van der Waals surface area contributed by atoms with Gasteiger partial charge in [-0.25, -0.2) is 0 Å². The number of piperidine rings is 1. The van der Waals surface area contributed by atoms with E-state index < -0.39 is 17.3 Å². The fraction of sp³-hybridized carbons (Fsp3) is 0.333. The van der Waals surface area contributed by atoms with Crippen LogP contribution in [0.1, 0.15) is 45.5 Å². The van der Waals surface area contributed by atoms with Gasteiger partial charge in [0.1, 0.15) is 11.4 Å². The van der Waals surface area contributed by atoms with E-state index in [9.17, 15) is 22.8 Å². The number of carbonyl (C=O) groups is 2. The van der Waals surface area contributed by atoms with Gasteiger partial charge in [-0.1, -0.05) is 12.1 Å². The second-order valence-corrected chi connectivity index (χ2v) is 7.25. The maximum atomic E-state index is 12.7. The van der Waals surface area contributed by atoms with Gasteiger partial charge in [0.2, 0.25) is 0 Å². The fourth-order valence-electron chi connectivity index (χ4n) is 3.82. The van der Waals surface area contributed by atoms with Crippen molar-refractivity contribution in [3.8, 4) is 5.75 Å². The van der Waals surface area contributed by atoms with Gasteiger partial charge in [0.05, 0.1) is 17.5 Å². The Bertz CT molecular complexity index is 913. The number of ether oxygens (including phenoxy) is 1. The lowest BCUT2D eigenvalue weighted by Crippen LogP contribution is -2.52. The first kappa shape index (κ1) is 18.5. The SMILES string of the molecule is O=C1CC2(CCN(C(=O)c3ccc(C(F)(F)F)cc3)CC2)Oc2ccccc21. The van der Waals surface area contributed by atoms with E-state index in [2.05, 4.69) is 0 Å². The lowest BCUT2D eigenvalue weighted by atomic mass is 9.82. The molecule has 2 aliphatic rings. The van der Waals surface area contributed by atoms with E-state index in [1.165, 1.54) is 12.1 Å². The van der Waals surface area contributed by atoms with Crippen LogP contribution in [-0.2, 0) is 6.18 Å². The zero-order chi connectivity index (χ0) is 19.9. The molecule has 0 atom stereocenters. The number of nitrogens with zero attached hydrogens (tertiary/aromatic N) is 1. The fourth-order valence-corrected chi connectivity index (χ4v) is 3.82. The van der Waals surface area contributed by atoms with E-state index in [1.807, 2.05) is 6.07 Å². The molecule has 4 rings (SSSR count). The topological polar surface area (TPSA) is 46.6 Å². The van der Waals surface area contributed by atoms with Crippen molar-refractivity contribution >= 4 is 11.7 Å². The molecule has 0 bridgehead atoms. The summed E-state index contributed by atoms with van der Waals surface area (Å²) in [6, 6.07) is 11.4. The number of carbonyl (C=O) groups excluding carboxylic acids is 2. The molecule has 0 unspecified atom stereocenters. The molecule has 2 aliphatic heterocycles. The number of rotatable bonds is 1. The zero-order valence-electron chi connectivity index (χ0n) is 15.0. The van der Waals surface area contributed by atoms with Crippen LogP contribution in [0.25, 0.3) is 0 Å². The van der Waals surface area contributed by atoms with Crippen LogP contribution >= 0.6 is 0 Å². The first-order valence-electron chi connectivity index (χ1n) is 9.05. The third-order valence-electron chi connectivity index (χ3n) is 5.42. The van der Waals surface area contributed by atoms with Crippen molar-refractivity contribution in [1.29, 1.82) is 0 Å². The second kappa shape index (κ2) is 6.65. The number of ketones is 1. The van der Waals surface area contributed by atoms with Crippen LogP contribution in [0.15, 0.2) is 48.5 Å². The van der Waals surface area contributed by atoms with Crippen molar-refractivity contribution in [2.75, 3.05) is 13.1 Å². The zero-order valence-corrected chi connectivity index (χ0v) is 15.0. The van der Waals surface area contributed by atoms with Gasteiger partial charge in [0.15, 0.2) is 5.78 Å². The Morgan fingerprint density at radius 2 is 1.64 bits per heavy atom. The van der Waals surface area contributed by atoms with Crippen LogP contribution < -0.4 is 4.74 Å². The summed E-state index contributed by atoms with van der Waals surface area (Å²) < 4.78 is 44.2. The molecule has 0 radical (unpaired) electrons. The minimum absolute atomic E-state index is 0.0318. The average Bonchev–Trinajstić information content (AvgIpc) is 2.67. The third kappa shape index (κ3) is 3.37. The van der Waals surface area contributed by atoms with E-state index in [-0.39, 0.29) is 23.7 Å². The van der Waals surface area contributed by atoms with Gasteiger partial charge in [-0.2, -0.15) is 13.2 Å². The highest BCUT2D eigenvalue weighted by molar-refractivity contribution is 6.00. The Labute approximate surface area is 159 Å². The van der Waals surface area contributed by atoms with Crippen molar-refractivity contribution in [2.45, 2.75) is 31.0 Å². The average molecular weight is 389 g/mol. The highest BCUT2D eigenvalue weighted by Gasteiger charge is 2.43. The summed E-state index contributed by atoms with van der Waals surface area (Å²) in [5.74, 6) is 0.289. The lowest BCUT2D eigenvalue weighted by molar-refractivity contribution is -0.137. The largest absolute Gasteiger partial charge is 0.486 e. The predicted octanol–water partition coefficient (Wildman–Crippen LogP) is 4.35. The van der Waals surface area contributed by atoms with E-state index in [4.69, 9.17) is 4.74 Å². The van der Waals surface area contributed by atoms with Gasteiger partial charge >= 0.3 is 6.18 Å². The third-order valence-corrected chi connectivity index (χ3v) is 5.42. The normalized spacial score (nSPS) is 18.5. The summed E-state index contributed by atoms with van der Waals surface area (Å²) in [6.45, 7) is 0.768. The molecule has 1 spiro atoms. The molecule has 4 nitrogen and oxygen atoms in total. The second-order valence-electron chi connectivity index (χ2n) is 7.25. The molecule has 2 aromatic carbocycles.